The molecule has 0 atom stereocenters. The third-order valence-corrected chi connectivity index (χ3v) is 4.45. The topological polar surface area (TPSA) is 70.7 Å². The number of benzene rings is 2. The van der Waals surface area contributed by atoms with Crippen molar-refractivity contribution in [3.8, 4) is 11.3 Å². The van der Waals surface area contributed by atoms with E-state index in [4.69, 9.17) is 0 Å². The highest BCUT2D eigenvalue weighted by Crippen LogP contribution is 2.36. The third-order valence-electron chi connectivity index (χ3n) is 4.45. The maximum Gasteiger partial charge on any atom is 0.417 e. The lowest BCUT2D eigenvalue weighted by atomic mass is 10.0. The Morgan fingerprint density at radius 3 is 2.69 bits per heavy atom. The lowest BCUT2D eigenvalue weighted by Gasteiger charge is -2.10. The van der Waals surface area contributed by atoms with Crippen LogP contribution in [0.15, 0.2) is 66.9 Å². The third kappa shape index (κ3) is 3.96. The number of hydrogen-bond donors (Lipinski definition) is 2. The summed E-state index contributed by atoms with van der Waals surface area (Å²) in [7, 11) is 0. The number of H-pyrrole nitrogens is 1. The van der Waals surface area contributed by atoms with Gasteiger partial charge >= 0.3 is 6.18 Å². The summed E-state index contributed by atoms with van der Waals surface area (Å²) < 4.78 is 39.6. The van der Waals surface area contributed by atoms with Crippen LogP contribution < -0.4 is 5.32 Å². The molecule has 2 heterocycles. The zero-order valence-electron chi connectivity index (χ0n) is 15.0. The first-order chi connectivity index (χ1) is 13.9. The number of rotatable bonds is 4. The zero-order chi connectivity index (χ0) is 20.4. The monoisotopic (exact) mass is 396 g/mol. The van der Waals surface area contributed by atoms with E-state index >= 15 is 0 Å². The van der Waals surface area contributed by atoms with E-state index in [2.05, 4.69) is 20.5 Å². The van der Waals surface area contributed by atoms with Crippen LogP contribution in [0.25, 0.3) is 22.2 Å². The van der Waals surface area contributed by atoms with Crippen molar-refractivity contribution >= 4 is 22.6 Å². The van der Waals surface area contributed by atoms with Crippen LogP contribution in [0.4, 0.5) is 19.0 Å². The molecule has 0 saturated heterocycles. The zero-order valence-corrected chi connectivity index (χ0v) is 15.0. The van der Waals surface area contributed by atoms with Crippen LogP contribution in [-0.2, 0) is 17.4 Å². The molecule has 2 aromatic carbocycles. The average Bonchev–Trinajstić information content (AvgIpc) is 3.16. The molecule has 29 heavy (non-hydrogen) atoms. The highest BCUT2D eigenvalue weighted by Gasteiger charge is 2.33. The van der Waals surface area contributed by atoms with Crippen LogP contribution in [0.2, 0.25) is 0 Å². The lowest BCUT2D eigenvalue weighted by Crippen LogP contribution is -2.14. The highest BCUT2D eigenvalue weighted by atomic mass is 19.4. The number of carbonyl (C=O) groups is 1. The summed E-state index contributed by atoms with van der Waals surface area (Å²) in [4.78, 5) is 16.7. The van der Waals surface area contributed by atoms with Gasteiger partial charge in [-0.1, -0.05) is 36.4 Å². The molecule has 4 rings (SSSR count). The molecule has 2 N–H and O–H groups in total. The summed E-state index contributed by atoms with van der Waals surface area (Å²) in [6, 6.07) is 15.8. The van der Waals surface area contributed by atoms with Crippen LogP contribution in [0.3, 0.4) is 0 Å². The number of halogens is 3. The van der Waals surface area contributed by atoms with Gasteiger partial charge in [0.25, 0.3) is 0 Å². The van der Waals surface area contributed by atoms with Crippen molar-refractivity contribution in [1.82, 2.24) is 15.2 Å². The normalized spacial score (nSPS) is 11.6. The van der Waals surface area contributed by atoms with Gasteiger partial charge in [-0.25, -0.2) is 0 Å². The second kappa shape index (κ2) is 7.38. The van der Waals surface area contributed by atoms with Crippen molar-refractivity contribution in [3.05, 3.63) is 78.0 Å². The van der Waals surface area contributed by atoms with Gasteiger partial charge in [0.05, 0.1) is 23.2 Å². The Morgan fingerprint density at radius 2 is 1.86 bits per heavy atom. The molecule has 146 valence electrons. The largest absolute Gasteiger partial charge is 0.417 e. The SMILES string of the molecule is O=C(Cc1cccc2ncccc12)Nc1cc(-c2ccccc2C(F)(F)F)[nH]n1. The van der Waals surface area contributed by atoms with Gasteiger partial charge in [0, 0.05) is 23.2 Å². The number of nitrogens with one attached hydrogen (secondary N) is 2. The number of nitrogens with zero attached hydrogens (tertiary/aromatic N) is 2. The van der Waals surface area contributed by atoms with Crippen LogP contribution in [0, 0.1) is 0 Å². The Morgan fingerprint density at radius 1 is 1.03 bits per heavy atom. The van der Waals surface area contributed by atoms with Crippen molar-refractivity contribution < 1.29 is 18.0 Å². The molecule has 4 aromatic rings. The Balaban J connectivity index is 1.54. The number of aromatic amines is 1. The van der Waals surface area contributed by atoms with E-state index in [-0.39, 0.29) is 29.4 Å². The molecule has 0 bridgehead atoms. The molecule has 0 unspecified atom stereocenters. The number of pyridine rings is 1. The van der Waals surface area contributed by atoms with Crippen molar-refractivity contribution in [2.45, 2.75) is 12.6 Å². The number of carbonyl (C=O) groups excluding carboxylic acids is 1. The van der Waals surface area contributed by atoms with Crippen LogP contribution >= 0.6 is 0 Å². The van der Waals surface area contributed by atoms with E-state index < -0.39 is 11.7 Å². The second-order valence-corrected chi connectivity index (χ2v) is 6.42. The second-order valence-electron chi connectivity index (χ2n) is 6.42. The van der Waals surface area contributed by atoms with E-state index in [1.165, 1.54) is 24.3 Å². The maximum absolute atomic E-state index is 13.2. The highest BCUT2D eigenvalue weighted by molar-refractivity contribution is 5.95. The first-order valence-electron chi connectivity index (χ1n) is 8.76. The smallest absolute Gasteiger partial charge is 0.309 e. The van der Waals surface area contributed by atoms with Crippen molar-refractivity contribution in [2.75, 3.05) is 5.32 Å². The van der Waals surface area contributed by atoms with Crippen LogP contribution in [0.5, 0.6) is 0 Å². The minimum absolute atomic E-state index is 0.0341. The lowest BCUT2D eigenvalue weighted by molar-refractivity contribution is -0.137. The molecular formula is C21H15F3N4O. The number of alkyl halides is 3. The summed E-state index contributed by atoms with van der Waals surface area (Å²) in [5.74, 6) is -0.177. The minimum Gasteiger partial charge on any atom is -0.309 e. The Labute approximate surface area is 163 Å². The van der Waals surface area contributed by atoms with Gasteiger partial charge in [-0.2, -0.15) is 18.3 Å². The Kier molecular flexibility index (Phi) is 4.75. The van der Waals surface area contributed by atoms with Gasteiger partial charge in [0.1, 0.15) is 0 Å². The number of fused-ring (bicyclic) bond motifs is 1. The fraction of sp³-hybridized carbons (Fsp3) is 0.0952. The Hall–Kier alpha value is -3.68. The number of hydrogen-bond acceptors (Lipinski definition) is 3. The van der Waals surface area contributed by atoms with E-state index in [9.17, 15) is 18.0 Å². The van der Waals surface area contributed by atoms with E-state index in [1.807, 2.05) is 24.3 Å². The molecule has 0 fully saturated rings. The Bertz CT molecular complexity index is 1180. The molecule has 0 aliphatic rings. The van der Waals surface area contributed by atoms with E-state index in [0.29, 0.717) is 0 Å². The number of amides is 1. The molecular weight excluding hydrogens is 381 g/mol. The van der Waals surface area contributed by atoms with Gasteiger partial charge in [-0.3, -0.25) is 14.9 Å². The van der Waals surface area contributed by atoms with Gasteiger partial charge in [-0.05, 0) is 23.8 Å². The summed E-state index contributed by atoms with van der Waals surface area (Å²) in [6.45, 7) is 0. The molecule has 2 aromatic heterocycles. The van der Waals surface area contributed by atoms with Crippen molar-refractivity contribution in [3.63, 3.8) is 0 Å². The number of aromatic nitrogens is 3. The summed E-state index contributed by atoms with van der Waals surface area (Å²) in [5, 5.41) is 9.97. The quantitative estimate of drug-likeness (QED) is 0.519. The predicted molar refractivity (Wildman–Crippen MR) is 103 cm³/mol. The predicted octanol–water partition coefficient (Wildman–Crippen LogP) is 4.82. The summed E-state index contributed by atoms with van der Waals surface area (Å²) in [6.07, 6.45) is -2.73. The van der Waals surface area contributed by atoms with Crippen molar-refractivity contribution in [2.24, 2.45) is 0 Å². The molecule has 5 nitrogen and oxygen atoms in total. The molecule has 0 aliphatic heterocycles. The molecule has 0 aliphatic carbocycles. The summed E-state index contributed by atoms with van der Waals surface area (Å²) in [5.41, 5.74) is 0.940. The molecule has 0 radical (unpaired) electrons. The van der Waals surface area contributed by atoms with Gasteiger partial charge in [0.15, 0.2) is 5.82 Å². The molecule has 8 heteroatoms. The first kappa shape index (κ1) is 18.7. The first-order valence-corrected chi connectivity index (χ1v) is 8.76. The molecule has 0 spiro atoms. The van der Waals surface area contributed by atoms with Crippen molar-refractivity contribution in [1.29, 1.82) is 0 Å². The fourth-order valence-electron chi connectivity index (χ4n) is 3.17. The molecule has 1 amide bonds. The van der Waals surface area contributed by atoms with Crippen LogP contribution in [0.1, 0.15) is 11.1 Å². The summed E-state index contributed by atoms with van der Waals surface area (Å²) >= 11 is 0. The van der Waals surface area contributed by atoms with E-state index in [1.54, 1.807) is 12.3 Å². The standard InChI is InChI=1S/C21H15F3N4O/c22-21(23,24)16-8-2-1-6-15(16)18-12-19(28-27-18)26-20(29)11-13-5-3-9-17-14(13)7-4-10-25-17/h1-10,12H,11H2,(H2,26,27,28,29). The average molecular weight is 396 g/mol. The van der Waals surface area contributed by atoms with E-state index in [0.717, 1.165) is 22.5 Å². The minimum atomic E-state index is -4.49. The van der Waals surface area contributed by atoms with Gasteiger partial charge in [0.2, 0.25) is 5.91 Å². The molecule has 0 saturated carbocycles. The van der Waals surface area contributed by atoms with Gasteiger partial charge in [-0.15, -0.1) is 0 Å². The maximum atomic E-state index is 13.2. The van der Waals surface area contributed by atoms with Gasteiger partial charge < -0.3 is 5.32 Å². The van der Waals surface area contributed by atoms with Crippen LogP contribution in [-0.4, -0.2) is 21.1 Å². The number of anilines is 1. The fourth-order valence-corrected chi connectivity index (χ4v) is 3.17.